The Hall–Kier alpha value is -3.06. The molecular weight excluding hydrogens is 400 g/mol. The fourth-order valence-corrected chi connectivity index (χ4v) is 3.90. The lowest BCUT2D eigenvalue weighted by atomic mass is 10.1. The van der Waals surface area contributed by atoms with Gasteiger partial charge in [-0.2, -0.15) is 0 Å². The fourth-order valence-electron chi connectivity index (χ4n) is 2.94. The maximum Gasteiger partial charge on any atom is 0.293 e. The number of carbonyl (C=O) groups excluding carboxylic acids is 3. The maximum atomic E-state index is 12.4. The molecule has 0 aromatic heterocycles. The first-order valence-corrected chi connectivity index (χ1v) is 10.4. The van der Waals surface area contributed by atoms with Crippen molar-refractivity contribution in [3.63, 3.8) is 0 Å². The van der Waals surface area contributed by atoms with Crippen LogP contribution in [0, 0.1) is 13.8 Å². The van der Waals surface area contributed by atoms with Crippen molar-refractivity contribution in [3.05, 3.63) is 64.1 Å². The molecule has 0 bridgehead atoms. The molecule has 0 aliphatic carbocycles. The molecule has 0 saturated carbocycles. The topological polar surface area (TPSA) is 75.7 Å². The van der Waals surface area contributed by atoms with Crippen LogP contribution in [-0.4, -0.2) is 34.6 Å². The van der Waals surface area contributed by atoms with Crippen molar-refractivity contribution in [3.8, 4) is 5.75 Å². The number of benzene rings is 2. The third kappa shape index (κ3) is 5.10. The van der Waals surface area contributed by atoms with Crippen LogP contribution >= 0.6 is 11.8 Å². The second kappa shape index (κ2) is 9.17. The number of thioether (sulfide) groups is 1. The Kier molecular flexibility index (Phi) is 6.62. The molecule has 1 aliphatic rings. The minimum atomic E-state index is -0.293. The molecule has 2 aromatic rings. The quantitative estimate of drug-likeness (QED) is 0.677. The Morgan fingerprint density at radius 1 is 1.13 bits per heavy atom. The Bertz CT molecular complexity index is 1030. The van der Waals surface area contributed by atoms with Gasteiger partial charge >= 0.3 is 0 Å². The number of amides is 3. The van der Waals surface area contributed by atoms with E-state index in [0.717, 1.165) is 34.1 Å². The van der Waals surface area contributed by atoms with Gasteiger partial charge in [0.15, 0.2) is 6.61 Å². The average molecular weight is 425 g/mol. The number of aryl methyl sites for hydroxylation is 2. The molecule has 0 radical (unpaired) electrons. The largest absolute Gasteiger partial charge is 0.484 e. The van der Waals surface area contributed by atoms with Crippen LogP contribution in [0.4, 0.5) is 10.5 Å². The van der Waals surface area contributed by atoms with Gasteiger partial charge in [0.25, 0.3) is 17.1 Å². The fraction of sp³-hybridized carbons (Fsp3) is 0.261. The first kappa shape index (κ1) is 21.6. The molecule has 2 aromatic carbocycles. The normalized spacial score (nSPS) is 15.2. The first-order chi connectivity index (χ1) is 14.2. The number of imide groups is 1. The van der Waals surface area contributed by atoms with Crippen molar-refractivity contribution >= 4 is 40.6 Å². The molecule has 1 N–H and O–H groups in total. The molecular formula is C23H24N2O4S. The summed E-state index contributed by atoms with van der Waals surface area (Å²) < 4.78 is 5.60. The van der Waals surface area contributed by atoms with Crippen LogP contribution in [0.2, 0.25) is 0 Å². The van der Waals surface area contributed by atoms with Crippen LogP contribution in [0.15, 0.2) is 47.4 Å². The van der Waals surface area contributed by atoms with E-state index in [1.807, 2.05) is 38.1 Å². The summed E-state index contributed by atoms with van der Waals surface area (Å²) in [5.41, 5.74) is 3.70. The van der Waals surface area contributed by atoms with Crippen LogP contribution in [0.1, 0.15) is 30.5 Å². The van der Waals surface area contributed by atoms with Crippen molar-refractivity contribution in [1.82, 2.24) is 4.90 Å². The zero-order valence-electron chi connectivity index (χ0n) is 17.4. The van der Waals surface area contributed by atoms with Crippen LogP contribution in [0.3, 0.4) is 0 Å². The molecule has 1 saturated heterocycles. The summed E-state index contributed by atoms with van der Waals surface area (Å²) in [5, 5.41) is 2.55. The lowest BCUT2D eigenvalue weighted by Gasteiger charge is -2.16. The smallest absolute Gasteiger partial charge is 0.293 e. The van der Waals surface area contributed by atoms with Gasteiger partial charge in [-0.25, -0.2) is 0 Å². The van der Waals surface area contributed by atoms with Crippen LogP contribution in [0.25, 0.3) is 6.08 Å². The van der Waals surface area contributed by atoms with Gasteiger partial charge in [0, 0.05) is 11.7 Å². The third-order valence-corrected chi connectivity index (χ3v) is 5.54. The summed E-state index contributed by atoms with van der Waals surface area (Å²) in [6.45, 7) is 7.47. The van der Waals surface area contributed by atoms with E-state index in [1.165, 1.54) is 4.90 Å². The summed E-state index contributed by atoms with van der Waals surface area (Å²) in [6, 6.07) is 12.6. The van der Waals surface area contributed by atoms with E-state index < -0.39 is 0 Å². The number of rotatable bonds is 6. The molecule has 7 heteroatoms. The molecule has 1 heterocycles. The highest BCUT2D eigenvalue weighted by Crippen LogP contribution is 2.33. The molecule has 156 valence electrons. The van der Waals surface area contributed by atoms with E-state index in [4.69, 9.17) is 4.74 Å². The van der Waals surface area contributed by atoms with Gasteiger partial charge in [-0.1, -0.05) is 18.2 Å². The van der Waals surface area contributed by atoms with Crippen molar-refractivity contribution in [2.45, 2.75) is 33.7 Å². The van der Waals surface area contributed by atoms with E-state index in [-0.39, 0.29) is 29.7 Å². The van der Waals surface area contributed by atoms with E-state index in [1.54, 1.807) is 38.1 Å². The summed E-state index contributed by atoms with van der Waals surface area (Å²) >= 11 is 0.926. The van der Waals surface area contributed by atoms with Gasteiger partial charge < -0.3 is 10.1 Å². The van der Waals surface area contributed by atoms with Crippen LogP contribution < -0.4 is 10.1 Å². The molecule has 0 atom stereocenters. The van der Waals surface area contributed by atoms with Gasteiger partial charge in [-0.3, -0.25) is 19.3 Å². The summed E-state index contributed by atoms with van der Waals surface area (Å²) in [5.74, 6) is -0.0529. The lowest BCUT2D eigenvalue weighted by molar-refractivity contribution is -0.123. The SMILES string of the molecule is Cc1ccc(NC(=O)COc2cccc(C=C3SC(=O)N(C(C)C)C3=O)c2)cc1C. The second-order valence-electron chi connectivity index (χ2n) is 7.35. The van der Waals surface area contributed by atoms with E-state index >= 15 is 0 Å². The Morgan fingerprint density at radius 2 is 1.90 bits per heavy atom. The highest BCUT2D eigenvalue weighted by Gasteiger charge is 2.36. The Labute approximate surface area is 180 Å². The van der Waals surface area contributed by atoms with E-state index in [9.17, 15) is 14.4 Å². The van der Waals surface area contributed by atoms with Crippen molar-refractivity contribution in [2.24, 2.45) is 0 Å². The first-order valence-electron chi connectivity index (χ1n) is 9.61. The summed E-state index contributed by atoms with van der Waals surface area (Å²) in [4.78, 5) is 38.2. The van der Waals surface area contributed by atoms with E-state index in [2.05, 4.69) is 5.32 Å². The predicted octanol–water partition coefficient (Wildman–Crippen LogP) is 4.77. The van der Waals surface area contributed by atoms with Gasteiger partial charge in [-0.15, -0.1) is 0 Å². The summed E-state index contributed by atoms with van der Waals surface area (Å²) in [7, 11) is 0. The van der Waals surface area contributed by atoms with Gasteiger partial charge in [0.1, 0.15) is 5.75 Å². The number of nitrogens with one attached hydrogen (secondary N) is 1. The van der Waals surface area contributed by atoms with Gasteiger partial charge in [-0.05, 0) is 86.5 Å². The average Bonchev–Trinajstić information content (AvgIpc) is 2.96. The van der Waals surface area contributed by atoms with Crippen LogP contribution in [-0.2, 0) is 9.59 Å². The van der Waals surface area contributed by atoms with Crippen molar-refractivity contribution in [2.75, 3.05) is 11.9 Å². The third-order valence-electron chi connectivity index (χ3n) is 4.66. The molecule has 3 rings (SSSR count). The monoisotopic (exact) mass is 424 g/mol. The molecule has 0 unspecified atom stereocenters. The standard InChI is InChI=1S/C23H24N2O4S/c1-14(2)25-22(27)20(30-23(25)28)12-17-6-5-7-19(11-17)29-13-21(26)24-18-9-8-15(3)16(4)10-18/h5-12,14H,13H2,1-4H3,(H,24,26). The van der Waals surface area contributed by atoms with Gasteiger partial charge in [0.2, 0.25) is 0 Å². The Morgan fingerprint density at radius 3 is 2.57 bits per heavy atom. The minimum Gasteiger partial charge on any atom is -0.484 e. The van der Waals surface area contributed by atoms with Crippen molar-refractivity contribution in [1.29, 1.82) is 0 Å². The molecule has 0 spiro atoms. The van der Waals surface area contributed by atoms with Gasteiger partial charge in [0.05, 0.1) is 4.91 Å². The number of anilines is 1. The highest BCUT2D eigenvalue weighted by molar-refractivity contribution is 8.18. The Balaban J connectivity index is 1.63. The van der Waals surface area contributed by atoms with Crippen molar-refractivity contribution < 1.29 is 19.1 Å². The minimum absolute atomic E-state index is 0.139. The summed E-state index contributed by atoms with van der Waals surface area (Å²) in [6.07, 6.45) is 1.66. The molecule has 30 heavy (non-hydrogen) atoms. The number of hydrogen-bond acceptors (Lipinski definition) is 5. The predicted molar refractivity (Wildman–Crippen MR) is 119 cm³/mol. The molecule has 1 aliphatic heterocycles. The zero-order chi connectivity index (χ0) is 21.8. The number of ether oxygens (including phenoxy) is 1. The number of carbonyl (C=O) groups is 3. The zero-order valence-corrected chi connectivity index (χ0v) is 18.2. The molecule has 3 amide bonds. The molecule has 6 nitrogen and oxygen atoms in total. The highest BCUT2D eigenvalue weighted by atomic mass is 32.2. The lowest BCUT2D eigenvalue weighted by Crippen LogP contribution is -2.34. The number of hydrogen-bond donors (Lipinski definition) is 1. The maximum absolute atomic E-state index is 12.4. The second-order valence-corrected chi connectivity index (χ2v) is 8.35. The van der Waals surface area contributed by atoms with Crippen LogP contribution in [0.5, 0.6) is 5.75 Å². The molecule has 1 fully saturated rings. The van der Waals surface area contributed by atoms with E-state index in [0.29, 0.717) is 10.7 Å². The number of nitrogens with zero attached hydrogens (tertiary/aromatic N) is 1.